The van der Waals surface area contributed by atoms with Gasteiger partial charge in [-0.25, -0.2) is 9.67 Å². The van der Waals surface area contributed by atoms with Gasteiger partial charge in [0.15, 0.2) is 0 Å². The SMILES string of the molecule is Cc1occc1C(=O)N1CCC[C@H](n2cncn2)C1. The number of aromatic nitrogens is 3. The minimum absolute atomic E-state index is 0.0380. The largest absolute Gasteiger partial charge is 0.469 e. The third-order valence-corrected chi connectivity index (χ3v) is 3.58. The minimum atomic E-state index is 0.0380. The van der Waals surface area contributed by atoms with Gasteiger partial charge in [0.05, 0.1) is 17.9 Å². The van der Waals surface area contributed by atoms with Crippen LogP contribution in [0.15, 0.2) is 29.4 Å². The molecule has 3 heterocycles. The molecule has 0 bridgehead atoms. The van der Waals surface area contributed by atoms with Crippen LogP contribution in [-0.4, -0.2) is 38.7 Å². The van der Waals surface area contributed by atoms with Crippen molar-refractivity contribution >= 4 is 5.91 Å². The molecule has 3 rings (SSSR count). The van der Waals surface area contributed by atoms with Gasteiger partial charge < -0.3 is 9.32 Å². The molecule has 2 aromatic rings. The smallest absolute Gasteiger partial charge is 0.257 e. The second kappa shape index (κ2) is 4.87. The molecule has 0 aliphatic carbocycles. The number of rotatable bonds is 2. The van der Waals surface area contributed by atoms with Gasteiger partial charge in [-0.3, -0.25) is 4.79 Å². The Morgan fingerprint density at radius 1 is 1.53 bits per heavy atom. The first-order valence-electron chi connectivity index (χ1n) is 6.43. The molecule has 2 aromatic heterocycles. The van der Waals surface area contributed by atoms with E-state index in [9.17, 15) is 4.79 Å². The lowest BCUT2D eigenvalue weighted by atomic mass is 10.0. The van der Waals surface area contributed by atoms with Crippen molar-refractivity contribution in [3.63, 3.8) is 0 Å². The molecule has 0 unspecified atom stereocenters. The van der Waals surface area contributed by atoms with Crippen LogP contribution in [0.5, 0.6) is 0 Å². The van der Waals surface area contributed by atoms with Crippen LogP contribution in [0.2, 0.25) is 0 Å². The normalized spacial score (nSPS) is 19.6. The summed E-state index contributed by atoms with van der Waals surface area (Å²) in [5, 5.41) is 4.16. The van der Waals surface area contributed by atoms with Gasteiger partial charge in [-0.2, -0.15) is 5.10 Å². The van der Waals surface area contributed by atoms with Crippen molar-refractivity contribution in [2.45, 2.75) is 25.8 Å². The molecule has 1 aliphatic heterocycles. The van der Waals surface area contributed by atoms with Crippen LogP contribution in [0.3, 0.4) is 0 Å². The fourth-order valence-corrected chi connectivity index (χ4v) is 2.54. The number of carbonyl (C=O) groups is 1. The molecular weight excluding hydrogens is 244 g/mol. The van der Waals surface area contributed by atoms with E-state index in [1.54, 1.807) is 18.7 Å². The van der Waals surface area contributed by atoms with E-state index < -0.39 is 0 Å². The molecule has 19 heavy (non-hydrogen) atoms. The second-order valence-electron chi connectivity index (χ2n) is 4.81. The van der Waals surface area contributed by atoms with Gasteiger partial charge in [-0.1, -0.05) is 0 Å². The van der Waals surface area contributed by atoms with Gasteiger partial charge in [-0.15, -0.1) is 0 Å². The van der Waals surface area contributed by atoms with Crippen LogP contribution in [0.25, 0.3) is 0 Å². The number of piperidine rings is 1. The number of nitrogens with zero attached hydrogens (tertiary/aromatic N) is 4. The highest BCUT2D eigenvalue weighted by molar-refractivity contribution is 5.95. The van der Waals surface area contributed by atoms with Gasteiger partial charge in [0, 0.05) is 13.1 Å². The van der Waals surface area contributed by atoms with Crippen molar-refractivity contribution in [1.29, 1.82) is 0 Å². The van der Waals surface area contributed by atoms with E-state index in [0.29, 0.717) is 17.9 Å². The number of aryl methyl sites for hydroxylation is 1. The summed E-state index contributed by atoms with van der Waals surface area (Å²) in [6.07, 6.45) is 6.80. The van der Waals surface area contributed by atoms with Gasteiger partial charge in [-0.05, 0) is 25.8 Å². The average Bonchev–Trinajstić information content (AvgIpc) is 3.09. The lowest BCUT2D eigenvalue weighted by Crippen LogP contribution is -2.40. The van der Waals surface area contributed by atoms with E-state index in [0.717, 1.165) is 19.4 Å². The number of hydrogen-bond donors (Lipinski definition) is 0. The second-order valence-corrected chi connectivity index (χ2v) is 4.81. The Morgan fingerprint density at radius 2 is 2.42 bits per heavy atom. The summed E-state index contributed by atoms with van der Waals surface area (Å²) in [5.74, 6) is 0.712. The van der Waals surface area contributed by atoms with Crippen LogP contribution in [0.1, 0.15) is 35.0 Å². The average molecular weight is 260 g/mol. The van der Waals surface area contributed by atoms with Crippen LogP contribution in [0.4, 0.5) is 0 Å². The summed E-state index contributed by atoms with van der Waals surface area (Å²) in [4.78, 5) is 18.3. The maximum absolute atomic E-state index is 12.4. The Kier molecular flexibility index (Phi) is 3.06. The molecule has 0 saturated carbocycles. The van der Waals surface area contributed by atoms with Crippen molar-refractivity contribution in [3.8, 4) is 0 Å². The highest BCUT2D eigenvalue weighted by Gasteiger charge is 2.27. The Hall–Kier alpha value is -2.11. The molecule has 6 heteroatoms. The summed E-state index contributed by atoms with van der Waals surface area (Å²) >= 11 is 0. The van der Waals surface area contributed by atoms with Crippen molar-refractivity contribution in [2.75, 3.05) is 13.1 Å². The van der Waals surface area contributed by atoms with Crippen LogP contribution < -0.4 is 0 Å². The molecule has 1 saturated heterocycles. The number of hydrogen-bond acceptors (Lipinski definition) is 4. The third-order valence-electron chi connectivity index (χ3n) is 3.58. The molecule has 0 radical (unpaired) electrons. The number of carbonyl (C=O) groups excluding carboxylic acids is 1. The molecule has 0 spiro atoms. The zero-order valence-electron chi connectivity index (χ0n) is 10.8. The summed E-state index contributed by atoms with van der Waals surface area (Å²) in [7, 11) is 0. The van der Waals surface area contributed by atoms with E-state index in [-0.39, 0.29) is 11.9 Å². The molecular formula is C13H16N4O2. The summed E-state index contributed by atoms with van der Waals surface area (Å²) in [6.45, 7) is 3.27. The highest BCUT2D eigenvalue weighted by Crippen LogP contribution is 2.22. The first-order valence-corrected chi connectivity index (χ1v) is 6.43. The lowest BCUT2D eigenvalue weighted by molar-refractivity contribution is 0.0671. The van der Waals surface area contributed by atoms with Crippen LogP contribution >= 0.6 is 0 Å². The van der Waals surface area contributed by atoms with Crippen molar-refractivity contribution in [1.82, 2.24) is 19.7 Å². The number of likely N-dealkylation sites (tertiary alicyclic amines) is 1. The van der Waals surface area contributed by atoms with E-state index >= 15 is 0 Å². The van der Waals surface area contributed by atoms with E-state index in [2.05, 4.69) is 10.1 Å². The predicted octanol–water partition coefficient (Wildman–Crippen LogP) is 1.66. The Labute approximate surface area is 111 Å². The molecule has 0 N–H and O–H groups in total. The van der Waals surface area contributed by atoms with Gasteiger partial charge in [0.2, 0.25) is 0 Å². The van der Waals surface area contributed by atoms with Crippen molar-refractivity contribution < 1.29 is 9.21 Å². The van der Waals surface area contributed by atoms with Gasteiger partial charge in [0.1, 0.15) is 18.4 Å². The maximum Gasteiger partial charge on any atom is 0.257 e. The van der Waals surface area contributed by atoms with Crippen molar-refractivity contribution in [2.24, 2.45) is 0 Å². The molecule has 1 aliphatic rings. The first-order chi connectivity index (χ1) is 9.25. The monoisotopic (exact) mass is 260 g/mol. The molecule has 1 atom stereocenters. The highest BCUT2D eigenvalue weighted by atomic mass is 16.3. The fourth-order valence-electron chi connectivity index (χ4n) is 2.54. The standard InChI is InChI=1S/C13H16N4O2/c1-10-12(4-6-19-10)13(18)16-5-2-3-11(7-16)17-9-14-8-15-17/h4,6,8-9,11H,2-3,5,7H2,1H3/t11-/m0/s1. The van der Waals surface area contributed by atoms with Gasteiger partial charge in [0.25, 0.3) is 5.91 Å². The van der Waals surface area contributed by atoms with Crippen LogP contribution in [0, 0.1) is 6.92 Å². The molecule has 1 fully saturated rings. The summed E-state index contributed by atoms with van der Waals surface area (Å²) in [5.41, 5.74) is 0.652. The molecule has 1 amide bonds. The number of amides is 1. The molecule has 100 valence electrons. The summed E-state index contributed by atoms with van der Waals surface area (Å²) in [6, 6.07) is 1.95. The Bertz CT molecular complexity index is 561. The Balaban J connectivity index is 1.75. The zero-order valence-corrected chi connectivity index (χ0v) is 10.8. The lowest BCUT2D eigenvalue weighted by Gasteiger charge is -2.32. The van der Waals surface area contributed by atoms with Crippen molar-refractivity contribution in [3.05, 3.63) is 36.3 Å². The Morgan fingerprint density at radius 3 is 3.11 bits per heavy atom. The van der Waals surface area contributed by atoms with E-state index in [1.807, 2.05) is 16.5 Å². The molecule has 6 nitrogen and oxygen atoms in total. The fraction of sp³-hybridized carbons (Fsp3) is 0.462. The maximum atomic E-state index is 12.4. The minimum Gasteiger partial charge on any atom is -0.469 e. The van der Waals surface area contributed by atoms with E-state index in [1.165, 1.54) is 6.33 Å². The third kappa shape index (κ3) is 2.25. The molecule has 0 aromatic carbocycles. The zero-order chi connectivity index (χ0) is 13.2. The summed E-state index contributed by atoms with van der Waals surface area (Å²) < 4.78 is 7.04. The van der Waals surface area contributed by atoms with Crippen LogP contribution in [-0.2, 0) is 0 Å². The number of furan rings is 1. The van der Waals surface area contributed by atoms with Gasteiger partial charge >= 0.3 is 0 Å². The first kappa shape index (κ1) is 12.0. The predicted molar refractivity (Wildman–Crippen MR) is 67.6 cm³/mol. The quantitative estimate of drug-likeness (QED) is 0.823. The van der Waals surface area contributed by atoms with E-state index in [4.69, 9.17) is 4.42 Å². The topological polar surface area (TPSA) is 64.2 Å².